The molecule has 0 bridgehead atoms. The molecule has 11 heteroatoms. The zero-order valence-corrected chi connectivity index (χ0v) is 28.2. The molecule has 0 aliphatic carbocycles. The number of halogens is 1. The van der Waals surface area contributed by atoms with Crippen molar-refractivity contribution >= 4 is 29.2 Å². The molecular formula is C36H47FN6O4. The van der Waals surface area contributed by atoms with Gasteiger partial charge in [0.25, 0.3) is 0 Å². The van der Waals surface area contributed by atoms with E-state index in [9.17, 15) is 19.2 Å². The van der Waals surface area contributed by atoms with E-state index in [-0.39, 0.29) is 48.1 Å². The number of nitrogens with one attached hydrogen (secondary N) is 2. The Balaban J connectivity index is 1.56. The Bertz CT molecular complexity index is 1550. The Kier molecular flexibility index (Phi) is 12.0. The number of carbonyl (C=O) groups is 4. The number of nitrogens with zero attached hydrogens (tertiary/aromatic N) is 4. The SMILES string of the molecule is CCC(=O)N[C@@H](C(=O)N1CCN(C)CC1)[C@@H](C)c1ccc(NC(=O)C(CC(=O)c2ccnn2C(C)C)[C@@H](C)c2ccccc2)c(F)c1. The summed E-state index contributed by atoms with van der Waals surface area (Å²) < 4.78 is 17.3. The van der Waals surface area contributed by atoms with Gasteiger partial charge in [-0.3, -0.25) is 23.9 Å². The van der Waals surface area contributed by atoms with Crippen LogP contribution in [0.4, 0.5) is 10.1 Å². The standard InChI is InChI=1S/C36H47FN6O4/c1-7-33(45)40-34(36(47)42-19-17-41(6)18-20-42)25(5)27-13-14-30(29(37)21-27)39-35(46)28(24(4)26-11-9-8-10-12-26)22-32(44)31-15-16-38-43(31)23(2)3/h8-16,21,23-25,28,34H,7,17-20,22H2,1-6H3,(H,39,46)(H,40,45)/t24-,25-,28?,34+/m0/s1. The van der Waals surface area contributed by atoms with Crippen LogP contribution in [-0.4, -0.2) is 82.4 Å². The Morgan fingerprint density at radius 2 is 1.57 bits per heavy atom. The highest BCUT2D eigenvalue weighted by atomic mass is 19.1. The summed E-state index contributed by atoms with van der Waals surface area (Å²) in [6.07, 6.45) is 1.69. The van der Waals surface area contributed by atoms with Gasteiger partial charge in [-0.25, -0.2) is 4.39 Å². The average molecular weight is 647 g/mol. The molecule has 2 heterocycles. The van der Waals surface area contributed by atoms with Crippen molar-refractivity contribution in [2.75, 3.05) is 38.5 Å². The van der Waals surface area contributed by atoms with Crippen molar-refractivity contribution in [3.63, 3.8) is 0 Å². The Hall–Kier alpha value is -4.38. The van der Waals surface area contributed by atoms with Gasteiger partial charge in [-0.05, 0) is 56.1 Å². The van der Waals surface area contributed by atoms with Gasteiger partial charge in [0.05, 0.1) is 11.6 Å². The Labute approximate surface area is 276 Å². The van der Waals surface area contributed by atoms with E-state index in [2.05, 4.69) is 20.6 Å². The third-order valence-electron chi connectivity index (χ3n) is 9.11. The molecular weight excluding hydrogens is 599 g/mol. The molecule has 1 aliphatic rings. The molecule has 1 unspecified atom stereocenters. The van der Waals surface area contributed by atoms with Gasteiger partial charge in [-0.1, -0.05) is 57.2 Å². The molecule has 47 heavy (non-hydrogen) atoms. The van der Waals surface area contributed by atoms with E-state index < -0.39 is 29.6 Å². The summed E-state index contributed by atoms with van der Waals surface area (Å²) >= 11 is 0. The monoisotopic (exact) mass is 646 g/mol. The average Bonchev–Trinajstić information content (AvgIpc) is 3.57. The summed E-state index contributed by atoms with van der Waals surface area (Å²) in [7, 11) is 1.99. The van der Waals surface area contributed by atoms with Gasteiger partial charge in [0.15, 0.2) is 5.78 Å². The van der Waals surface area contributed by atoms with Crippen molar-refractivity contribution in [2.24, 2.45) is 5.92 Å². The molecule has 2 N–H and O–H groups in total. The highest BCUT2D eigenvalue weighted by Gasteiger charge is 2.34. The maximum Gasteiger partial charge on any atom is 0.245 e. The molecule has 3 amide bonds. The number of likely N-dealkylation sites (N-methyl/N-ethyl adjacent to an activating group) is 1. The predicted octanol–water partition coefficient (Wildman–Crippen LogP) is 5.01. The number of ketones is 1. The van der Waals surface area contributed by atoms with Crippen molar-refractivity contribution in [1.29, 1.82) is 0 Å². The van der Waals surface area contributed by atoms with E-state index >= 15 is 4.39 Å². The van der Waals surface area contributed by atoms with E-state index in [4.69, 9.17) is 0 Å². The first-order valence-electron chi connectivity index (χ1n) is 16.4. The molecule has 4 atom stereocenters. The summed E-state index contributed by atoms with van der Waals surface area (Å²) in [6.45, 7) is 11.8. The van der Waals surface area contributed by atoms with Crippen LogP contribution in [0.15, 0.2) is 60.8 Å². The fourth-order valence-electron chi connectivity index (χ4n) is 5.97. The number of hydrogen-bond acceptors (Lipinski definition) is 6. The van der Waals surface area contributed by atoms with Gasteiger partial charge in [-0.15, -0.1) is 0 Å². The van der Waals surface area contributed by atoms with Crippen molar-refractivity contribution in [3.8, 4) is 0 Å². The second-order valence-electron chi connectivity index (χ2n) is 12.7. The van der Waals surface area contributed by atoms with Crippen LogP contribution < -0.4 is 10.6 Å². The molecule has 3 aromatic rings. The van der Waals surface area contributed by atoms with Gasteiger partial charge < -0.3 is 20.4 Å². The second kappa shape index (κ2) is 15.9. The first-order valence-corrected chi connectivity index (χ1v) is 16.4. The second-order valence-corrected chi connectivity index (χ2v) is 12.7. The Morgan fingerprint density at radius 1 is 0.894 bits per heavy atom. The van der Waals surface area contributed by atoms with E-state index in [1.165, 1.54) is 12.1 Å². The van der Waals surface area contributed by atoms with Crippen LogP contribution in [0.3, 0.4) is 0 Å². The molecule has 0 radical (unpaired) electrons. The first-order chi connectivity index (χ1) is 22.4. The Morgan fingerprint density at radius 3 is 2.19 bits per heavy atom. The zero-order valence-electron chi connectivity index (χ0n) is 28.2. The molecule has 2 aromatic carbocycles. The fraction of sp³-hybridized carbons (Fsp3) is 0.472. The highest BCUT2D eigenvalue weighted by Crippen LogP contribution is 2.31. The smallest absolute Gasteiger partial charge is 0.245 e. The number of hydrogen-bond donors (Lipinski definition) is 2. The topological polar surface area (TPSA) is 117 Å². The van der Waals surface area contributed by atoms with E-state index in [0.717, 1.165) is 18.7 Å². The van der Waals surface area contributed by atoms with Gasteiger partial charge in [0.2, 0.25) is 17.7 Å². The quantitative estimate of drug-likeness (QED) is 0.253. The molecule has 10 nitrogen and oxygen atoms in total. The van der Waals surface area contributed by atoms with Gasteiger partial charge in [-0.2, -0.15) is 5.10 Å². The van der Waals surface area contributed by atoms with Crippen LogP contribution >= 0.6 is 0 Å². The van der Waals surface area contributed by atoms with Gasteiger partial charge in [0.1, 0.15) is 17.6 Å². The third kappa shape index (κ3) is 8.71. The lowest BCUT2D eigenvalue weighted by Crippen LogP contribution is -2.55. The van der Waals surface area contributed by atoms with Crippen LogP contribution in [0.5, 0.6) is 0 Å². The number of carbonyl (C=O) groups excluding carboxylic acids is 4. The number of rotatable bonds is 13. The first kappa shape index (κ1) is 35.5. The fourth-order valence-corrected chi connectivity index (χ4v) is 5.97. The molecule has 1 aliphatic heterocycles. The van der Waals surface area contributed by atoms with Gasteiger partial charge >= 0.3 is 0 Å². The minimum atomic E-state index is -0.868. The predicted molar refractivity (Wildman–Crippen MR) is 180 cm³/mol. The lowest BCUT2D eigenvalue weighted by atomic mass is 9.83. The molecule has 1 aromatic heterocycles. The van der Waals surface area contributed by atoms with Crippen LogP contribution in [0.1, 0.15) is 87.0 Å². The lowest BCUT2D eigenvalue weighted by Gasteiger charge is -2.36. The maximum atomic E-state index is 15.7. The van der Waals surface area contributed by atoms with E-state index in [1.54, 1.807) is 41.8 Å². The number of Topliss-reactive ketones (excluding diaryl/α,β-unsaturated/α-hetero) is 1. The lowest BCUT2D eigenvalue weighted by molar-refractivity contribution is -0.138. The summed E-state index contributed by atoms with van der Waals surface area (Å²) in [4.78, 5) is 57.2. The molecule has 0 spiro atoms. The molecule has 252 valence electrons. The van der Waals surface area contributed by atoms with Crippen LogP contribution in [0.25, 0.3) is 0 Å². The van der Waals surface area contributed by atoms with Gasteiger partial charge in [0, 0.05) is 57.2 Å². The number of piperazine rings is 1. The summed E-state index contributed by atoms with van der Waals surface area (Å²) in [5, 5.41) is 9.84. The van der Waals surface area contributed by atoms with Crippen LogP contribution in [-0.2, 0) is 14.4 Å². The minimum Gasteiger partial charge on any atom is -0.344 e. The highest BCUT2D eigenvalue weighted by molar-refractivity contribution is 6.00. The number of aromatic nitrogens is 2. The number of benzene rings is 2. The van der Waals surface area contributed by atoms with Crippen molar-refractivity contribution in [2.45, 2.75) is 71.4 Å². The van der Waals surface area contributed by atoms with Crippen LogP contribution in [0, 0.1) is 11.7 Å². The number of amides is 3. The number of anilines is 1. The molecule has 0 saturated carbocycles. The summed E-state index contributed by atoms with van der Waals surface area (Å²) in [5.74, 6) is -3.53. The zero-order chi connectivity index (χ0) is 34.2. The van der Waals surface area contributed by atoms with Crippen molar-refractivity contribution in [1.82, 2.24) is 24.9 Å². The summed E-state index contributed by atoms with van der Waals surface area (Å²) in [5.41, 5.74) is 1.78. The third-order valence-corrected chi connectivity index (χ3v) is 9.11. The van der Waals surface area contributed by atoms with E-state index in [1.807, 2.05) is 58.2 Å². The minimum absolute atomic E-state index is 0.0320. The largest absolute Gasteiger partial charge is 0.344 e. The van der Waals surface area contributed by atoms with Crippen molar-refractivity contribution < 1.29 is 23.6 Å². The van der Waals surface area contributed by atoms with Crippen molar-refractivity contribution in [3.05, 3.63) is 83.4 Å². The normalized spacial score (nSPS) is 16.3. The van der Waals surface area contributed by atoms with E-state index in [0.29, 0.717) is 24.3 Å². The van der Waals surface area contributed by atoms with Crippen LogP contribution in [0.2, 0.25) is 0 Å². The molecule has 1 saturated heterocycles. The maximum absolute atomic E-state index is 15.7. The molecule has 1 fully saturated rings. The summed E-state index contributed by atoms with van der Waals surface area (Å²) in [6, 6.07) is 14.6. The molecule has 4 rings (SSSR count).